The third-order valence-electron chi connectivity index (χ3n) is 2.12. The molecule has 0 saturated heterocycles. The van der Waals surface area contributed by atoms with E-state index in [0.717, 1.165) is 22.2 Å². The fourth-order valence-electron chi connectivity index (χ4n) is 1.15. The van der Waals surface area contributed by atoms with Crippen molar-refractivity contribution < 1.29 is 4.39 Å². The first kappa shape index (κ1) is 14.4. The van der Waals surface area contributed by atoms with E-state index >= 15 is 0 Å². The second-order valence-corrected chi connectivity index (χ2v) is 5.69. The minimum atomic E-state index is -0.211. The monoisotopic (exact) mass is 272 g/mol. The van der Waals surface area contributed by atoms with Crippen LogP contribution in [0.5, 0.6) is 0 Å². The lowest BCUT2D eigenvalue weighted by atomic mass is 10.2. The normalized spacial score (nSPS) is 10.6. The summed E-state index contributed by atoms with van der Waals surface area (Å²) in [5.74, 6) is 0.763. The van der Waals surface area contributed by atoms with E-state index in [4.69, 9.17) is 12.2 Å². The minimum absolute atomic E-state index is 0.211. The zero-order valence-corrected chi connectivity index (χ0v) is 11.7. The van der Waals surface area contributed by atoms with Gasteiger partial charge in [0.05, 0.1) is 0 Å². The molecule has 0 saturated carbocycles. The summed E-state index contributed by atoms with van der Waals surface area (Å²) in [6, 6.07) is 6.43. The third-order valence-corrected chi connectivity index (χ3v) is 3.41. The molecule has 0 heterocycles. The van der Waals surface area contributed by atoms with Crippen molar-refractivity contribution in [3.05, 3.63) is 35.6 Å². The first-order chi connectivity index (χ1) is 8.08. The molecule has 5 heteroatoms. The summed E-state index contributed by atoms with van der Waals surface area (Å²) >= 11 is 6.82. The highest BCUT2D eigenvalue weighted by Crippen LogP contribution is 2.05. The Balaban J connectivity index is 2.21. The molecular formula is C12H17FN2S2. The summed E-state index contributed by atoms with van der Waals surface area (Å²) in [6.45, 7) is 1.65. The standard InChI is InChI=1S/C12H17FN2S2/c1-15(2)7-8-17-12(16)14-9-10-3-5-11(13)6-4-10/h3-6H,7-9H2,1-2H3,(H,14,16). The van der Waals surface area contributed by atoms with E-state index in [1.54, 1.807) is 23.9 Å². The Morgan fingerprint density at radius 1 is 1.35 bits per heavy atom. The molecular weight excluding hydrogens is 255 g/mol. The van der Waals surface area contributed by atoms with Crippen molar-refractivity contribution in [1.29, 1.82) is 0 Å². The Labute approximate surface area is 112 Å². The molecule has 0 unspecified atom stereocenters. The summed E-state index contributed by atoms with van der Waals surface area (Å²) in [6.07, 6.45) is 0. The molecule has 0 bridgehead atoms. The van der Waals surface area contributed by atoms with Crippen molar-refractivity contribution >= 4 is 28.3 Å². The molecule has 0 atom stereocenters. The van der Waals surface area contributed by atoms with E-state index in [0.29, 0.717) is 6.54 Å². The van der Waals surface area contributed by atoms with E-state index < -0.39 is 0 Å². The average Bonchev–Trinajstić information content (AvgIpc) is 2.28. The van der Waals surface area contributed by atoms with E-state index in [2.05, 4.69) is 10.2 Å². The number of nitrogens with one attached hydrogen (secondary N) is 1. The number of hydrogen-bond acceptors (Lipinski definition) is 3. The number of benzene rings is 1. The fraction of sp³-hybridized carbons (Fsp3) is 0.417. The molecule has 1 aromatic carbocycles. The van der Waals surface area contributed by atoms with Crippen LogP contribution in [0.1, 0.15) is 5.56 Å². The number of nitrogens with zero attached hydrogens (tertiary/aromatic N) is 1. The first-order valence-corrected chi connectivity index (χ1v) is 6.77. The van der Waals surface area contributed by atoms with Crippen LogP contribution in [0.3, 0.4) is 0 Å². The Hall–Kier alpha value is -0.650. The van der Waals surface area contributed by atoms with E-state index in [1.807, 2.05) is 14.1 Å². The smallest absolute Gasteiger partial charge is 0.134 e. The lowest BCUT2D eigenvalue weighted by molar-refractivity contribution is 0.437. The van der Waals surface area contributed by atoms with Gasteiger partial charge >= 0.3 is 0 Å². The number of rotatable bonds is 5. The summed E-state index contributed by atoms with van der Waals surface area (Å²) < 4.78 is 13.5. The van der Waals surface area contributed by atoms with Crippen molar-refractivity contribution in [3.8, 4) is 0 Å². The highest BCUT2D eigenvalue weighted by Gasteiger charge is 1.99. The van der Waals surface area contributed by atoms with Crippen molar-refractivity contribution in [2.24, 2.45) is 0 Å². The molecule has 1 aromatic rings. The lowest BCUT2D eigenvalue weighted by Gasteiger charge is -2.10. The van der Waals surface area contributed by atoms with Crippen LogP contribution in [0.2, 0.25) is 0 Å². The van der Waals surface area contributed by atoms with Crippen molar-refractivity contribution in [3.63, 3.8) is 0 Å². The molecule has 0 fully saturated rings. The van der Waals surface area contributed by atoms with Crippen LogP contribution in [0.15, 0.2) is 24.3 Å². The molecule has 0 amide bonds. The Kier molecular flexibility index (Phi) is 6.47. The predicted octanol–water partition coefficient (Wildman–Crippen LogP) is 2.50. The fourth-order valence-corrected chi connectivity index (χ4v) is 2.29. The highest BCUT2D eigenvalue weighted by molar-refractivity contribution is 8.22. The molecule has 2 nitrogen and oxygen atoms in total. The summed E-state index contributed by atoms with van der Waals surface area (Å²) in [4.78, 5) is 2.12. The van der Waals surface area contributed by atoms with Crippen LogP contribution in [-0.2, 0) is 6.54 Å². The topological polar surface area (TPSA) is 15.3 Å². The number of thiocarbonyl (C=S) groups is 1. The molecule has 0 aliphatic rings. The zero-order valence-electron chi connectivity index (χ0n) is 10.1. The summed E-state index contributed by atoms with van der Waals surface area (Å²) in [7, 11) is 4.07. The zero-order chi connectivity index (χ0) is 12.7. The van der Waals surface area contributed by atoms with Gasteiger partial charge in [-0.05, 0) is 31.8 Å². The van der Waals surface area contributed by atoms with Gasteiger partial charge in [0.25, 0.3) is 0 Å². The number of hydrogen-bond donors (Lipinski definition) is 1. The van der Waals surface area contributed by atoms with Crippen molar-refractivity contribution in [2.75, 3.05) is 26.4 Å². The first-order valence-electron chi connectivity index (χ1n) is 5.38. The Bertz CT molecular complexity index is 352. The van der Waals surface area contributed by atoms with Crippen LogP contribution < -0.4 is 5.32 Å². The van der Waals surface area contributed by atoms with Gasteiger partial charge in [-0.3, -0.25) is 0 Å². The Morgan fingerprint density at radius 2 is 2.00 bits per heavy atom. The molecule has 0 radical (unpaired) electrons. The van der Waals surface area contributed by atoms with Crippen LogP contribution in [0.4, 0.5) is 4.39 Å². The maximum Gasteiger partial charge on any atom is 0.134 e. The van der Waals surface area contributed by atoms with Gasteiger partial charge in [-0.15, -0.1) is 0 Å². The van der Waals surface area contributed by atoms with Gasteiger partial charge in [0.2, 0.25) is 0 Å². The molecule has 0 aromatic heterocycles. The Morgan fingerprint density at radius 3 is 2.59 bits per heavy atom. The molecule has 94 valence electrons. The van der Waals surface area contributed by atoms with Gasteiger partial charge in [-0.25, -0.2) is 4.39 Å². The summed E-state index contributed by atoms with van der Waals surface area (Å²) in [5, 5.41) is 3.15. The molecule has 0 aliphatic carbocycles. The lowest BCUT2D eigenvalue weighted by Crippen LogP contribution is -2.21. The van der Waals surface area contributed by atoms with Crippen LogP contribution in [0.25, 0.3) is 0 Å². The second-order valence-electron chi connectivity index (χ2n) is 3.92. The minimum Gasteiger partial charge on any atom is -0.367 e. The van der Waals surface area contributed by atoms with Crippen LogP contribution in [-0.4, -0.2) is 35.6 Å². The van der Waals surface area contributed by atoms with Crippen LogP contribution in [0, 0.1) is 5.82 Å². The van der Waals surface area contributed by atoms with Gasteiger partial charge in [-0.1, -0.05) is 36.1 Å². The molecule has 1 rings (SSSR count). The average molecular weight is 272 g/mol. The maximum absolute atomic E-state index is 12.7. The van der Waals surface area contributed by atoms with E-state index in [-0.39, 0.29) is 5.82 Å². The van der Waals surface area contributed by atoms with Crippen LogP contribution >= 0.6 is 24.0 Å². The third kappa shape index (κ3) is 6.61. The highest BCUT2D eigenvalue weighted by atomic mass is 32.2. The SMILES string of the molecule is CN(C)CCSC(=S)NCc1ccc(F)cc1. The largest absolute Gasteiger partial charge is 0.367 e. The number of halogens is 1. The quantitative estimate of drug-likeness (QED) is 0.828. The van der Waals surface area contributed by atoms with E-state index in [1.165, 1.54) is 12.1 Å². The second kappa shape index (κ2) is 7.63. The van der Waals surface area contributed by atoms with Crippen molar-refractivity contribution in [2.45, 2.75) is 6.54 Å². The maximum atomic E-state index is 12.7. The molecule has 1 N–H and O–H groups in total. The van der Waals surface area contributed by atoms with Gasteiger partial charge < -0.3 is 10.2 Å². The summed E-state index contributed by atoms with van der Waals surface area (Å²) in [5.41, 5.74) is 1.03. The molecule has 17 heavy (non-hydrogen) atoms. The van der Waals surface area contributed by atoms with Crippen molar-refractivity contribution in [1.82, 2.24) is 10.2 Å². The van der Waals surface area contributed by atoms with E-state index in [9.17, 15) is 4.39 Å². The molecule has 0 spiro atoms. The molecule has 0 aliphatic heterocycles. The predicted molar refractivity (Wildman–Crippen MR) is 76.8 cm³/mol. The number of thioether (sulfide) groups is 1. The van der Waals surface area contributed by atoms with Gasteiger partial charge in [0.1, 0.15) is 10.1 Å². The van der Waals surface area contributed by atoms with Gasteiger partial charge in [0.15, 0.2) is 0 Å². The van der Waals surface area contributed by atoms with Gasteiger partial charge in [-0.2, -0.15) is 0 Å². The van der Waals surface area contributed by atoms with Gasteiger partial charge in [0, 0.05) is 18.8 Å².